The summed E-state index contributed by atoms with van der Waals surface area (Å²) in [5, 5.41) is 3.31. The SMILES string of the molecule is Nc1c(Cl)c(Cl)[nH+]c(C(=O)N/N=C\c2ccc(F)cc2F)c1Cl. The summed E-state index contributed by atoms with van der Waals surface area (Å²) in [5.41, 5.74) is 7.44. The molecule has 1 amide bonds. The molecule has 1 heterocycles. The van der Waals surface area contributed by atoms with Crippen molar-refractivity contribution < 1.29 is 18.6 Å². The standard InChI is InChI=1S/C13H7Cl3F2N4O/c14-8-10(19)9(15)12(16)21-11(8)13(23)22-20-4-5-1-2-6(17)3-7(5)18/h1-4H,(H2,19,21)(H,22,23)/p+1/b20-4-. The van der Waals surface area contributed by atoms with Gasteiger partial charge < -0.3 is 5.73 Å². The number of nitrogen functional groups attached to an aromatic ring is 1. The second kappa shape index (κ2) is 7.08. The molecule has 0 aliphatic heterocycles. The zero-order valence-electron chi connectivity index (χ0n) is 11.1. The Kier molecular flexibility index (Phi) is 5.35. The number of H-pyrrole nitrogens is 1. The third-order valence-electron chi connectivity index (χ3n) is 2.68. The van der Waals surface area contributed by atoms with Gasteiger partial charge in [-0.25, -0.2) is 14.2 Å². The third kappa shape index (κ3) is 3.87. The van der Waals surface area contributed by atoms with Crippen LogP contribution in [0.2, 0.25) is 15.2 Å². The smallest absolute Gasteiger partial charge is 0.337 e. The van der Waals surface area contributed by atoms with Gasteiger partial charge in [0.2, 0.25) is 0 Å². The number of rotatable bonds is 3. The van der Waals surface area contributed by atoms with Crippen LogP contribution >= 0.6 is 34.8 Å². The van der Waals surface area contributed by atoms with Crippen LogP contribution in [0.3, 0.4) is 0 Å². The minimum absolute atomic E-state index is 0.0181. The van der Waals surface area contributed by atoms with Crippen LogP contribution in [0.15, 0.2) is 23.3 Å². The number of nitrogens with two attached hydrogens (primary N) is 1. The molecule has 0 atom stereocenters. The van der Waals surface area contributed by atoms with Crippen molar-refractivity contribution in [2.24, 2.45) is 5.10 Å². The van der Waals surface area contributed by atoms with Crippen LogP contribution in [0.4, 0.5) is 14.5 Å². The number of benzene rings is 1. The molecular formula is C13H8Cl3F2N4O+. The van der Waals surface area contributed by atoms with Crippen LogP contribution in [-0.4, -0.2) is 12.1 Å². The number of aromatic nitrogens is 1. The zero-order chi connectivity index (χ0) is 17.1. The van der Waals surface area contributed by atoms with Gasteiger partial charge >= 0.3 is 5.91 Å². The number of halogens is 5. The van der Waals surface area contributed by atoms with Gasteiger partial charge in [-0.2, -0.15) is 10.1 Å². The summed E-state index contributed by atoms with van der Waals surface area (Å²) in [7, 11) is 0. The lowest BCUT2D eigenvalue weighted by Crippen LogP contribution is -2.28. The van der Waals surface area contributed by atoms with Gasteiger partial charge in [-0.3, -0.25) is 4.79 Å². The highest BCUT2D eigenvalue weighted by Crippen LogP contribution is 2.31. The number of hydrogen-bond donors (Lipinski definition) is 2. The first-order valence-electron chi connectivity index (χ1n) is 5.95. The number of pyridine rings is 1. The number of carbonyl (C=O) groups excluding carboxylic acids is 1. The summed E-state index contributed by atoms with van der Waals surface area (Å²) in [6, 6.07) is 2.90. The molecule has 0 fully saturated rings. The molecule has 23 heavy (non-hydrogen) atoms. The van der Waals surface area contributed by atoms with Crippen molar-refractivity contribution >= 4 is 52.6 Å². The van der Waals surface area contributed by atoms with Gasteiger partial charge in [0.25, 0.3) is 10.8 Å². The van der Waals surface area contributed by atoms with Gasteiger partial charge in [-0.05, 0) is 23.7 Å². The average Bonchev–Trinajstić information content (AvgIpc) is 2.50. The largest absolute Gasteiger partial charge is 0.396 e. The first-order valence-corrected chi connectivity index (χ1v) is 7.08. The topological polar surface area (TPSA) is 81.6 Å². The van der Waals surface area contributed by atoms with Gasteiger partial charge in [0.1, 0.15) is 21.7 Å². The Balaban J connectivity index is 2.18. The molecule has 120 valence electrons. The number of carbonyl (C=O) groups is 1. The Morgan fingerprint density at radius 2 is 1.96 bits per heavy atom. The summed E-state index contributed by atoms with van der Waals surface area (Å²) in [5.74, 6) is -2.33. The molecule has 0 unspecified atom stereocenters. The molecule has 0 spiro atoms. The molecule has 0 aliphatic rings. The fourth-order valence-electron chi connectivity index (χ4n) is 1.55. The maximum atomic E-state index is 13.4. The van der Waals surface area contributed by atoms with E-state index < -0.39 is 17.5 Å². The van der Waals surface area contributed by atoms with Gasteiger partial charge in [0.15, 0.2) is 0 Å². The van der Waals surface area contributed by atoms with E-state index in [1.54, 1.807) is 0 Å². The van der Waals surface area contributed by atoms with Crippen molar-refractivity contribution in [3.63, 3.8) is 0 Å². The fourth-order valence-corrected chi connectivity index (χ4v) is 2.16. The molecule has 0 saturated carbocycles. The maximum absolute atomic E-state index is 13.4. The number of hydrogen-bond acceptors (Lipinski definition) is 3. The number of aromatic amines is 1. The molecule has 0 aliphatic carbocycles. The van der Waals surface area contributed by atoms with Crippen molar-refractivity contribution in [2.75, 3.05) is 5.73 Å². The molecule has 10 heteroatoms. The molecule has 5 nitrogen and oxygen atoms in total. The molecule has 0 radical (unpaired) electrons. The molecule has 0 bridgehead atoms. The van der Waals surface area contributed by atoms with E-state index in [1.165, 1.54) is 0 Å². The van der Waals surface area contributed by atoms with Crippen molar-refractivity contribution in [1.29, 1.82) is 0 Å². The Hall–Kier alpha value is -1.96. The number of amides is 1. The lowest BCUT2D eigenvalue weighted by atomic mass is 10.2. The summed E-state index contributed by atoms with van der Waals surface area (Å²) >= 11 is 17.4. The monoisotopic (exact) mass is 379 g/mol. The number of nitrogens with one attached hydrogen (secondary N) is 2. The summed E-state index contributed by atoms with van der Waals surface area (Å²) in [4.78, 5) is 14.4. The fraction of sp³-hybridized carbons (Fsp3) is 0. The van der Waals surface area contributed by atoms with Crippen molar-refractivity contribution in [1.82, 2.24) is 5.43 Å². The van der Waals surface area contributed by atoms with Crippen LogP contribution in [0.25, 0.3) is 0 Å². The lowest BCUT2D eigenvalue weighted by molar-refractivity contribution is -0.379. The number of anilines is 1. The van der Waals surface area contributed by atoms with Gasteiger partial charge in [-0.1, -0.05) is 23.2 Å². The zero-order valence-corrected chi connectivity index (χ0v) is 13.4. The van der Waals surface area contributed by atoms with Gasteiger partial charge in [0.05, 0.1) is 11.9 Å². The third-order valence-corrected chi connectivity index (χ3v) is 3.84. The van der Waals surface area contributed by atoms with E-state index in [-0.39, 0.29) is 32.1 Å². The normalized spacial score (nSPS) is 11.0. The Bertz CT molecular complexity index is 814. The minimum atomic E-state index is -0.827. The summed E-state index contributed by atoms with van der Waals surface area (Å²) in [6.07, 6.45) is 1.00. The second-order valence-corrected chi connectivity index (χ2v) is 5.35. The van der Waals surface area contributed by atoms with E-state index in [0.717, 1.165) is 18.3 Å². The maximum Gasteiger partial charge on any atom is 0.337 e. The highest BCUT2D eigenvalue weighted by molar-refractivity contribution is 6.45. The second-order valence-electron chi connectivity index (χ2n) is 4.22. The molecule has 0 saturated heterocycles. The Labute approximate surface area is 144 Å². The molecule has 2 rings (SSSR count). The molecule has 1 aromatic heterocycles. The van der Waals surface area contributed by atoms with Crippen LogP contribution in [0.5, 0.6) is 0 Å². The van der Waals surface area contributed by atoms with Crippen molar-refractivity contribution in [3.8, 4) is 0 Å². The highest BCUT2D eigenvalue weighted by Gasteiger charge is 2.25. The van der Waals surface area contributed by atoms with E-state index in [4.69, 9.17) is 40.5 Å². The first kappa shape index (κ1) is 17.4. The quantitative estimate of drug-likeness (QED) is 0.487. The van der Waals surface area contributed by atoms with E-state index in [0.29, 0.717) is 6.07 Å². The number of hydrazone groups is 1. The van der Waals surface area contributed by atoms with E-state index in [9.17, 15) is 13.6 Å². The lowest BCUT2D eigenvalue weighted by Gasteiger charge is -2.02. The Morgan fingerprint density at radius 1 is 1.26 bits per heavy atom. The first-order chi connectivity index (χ1) is 10.8. The Morgan fingerprint density at radius 3 is 2.61 bits per heavy atom. The highest BCUT2D eigenvalue weighted by atomic mass is 35.5. The van der Waals surface area contributed by atoms with Crippen LogP contribution in [0.1, 0.15) is 16.1 Å². The van der Waals surface area contributed by atoms with Crippen LogP contribution < -0.4 is 16.1 Å². The van der Waals surface area contributed by atoms with Gasteiger partial charge in [0, 0.05) is 11.6 Å². The van der Waals surface area contributed by atoms with E-state index in [2.05, 4.69) is 15.5 Å². The number of nitrogens with zero attached hydrogens (tertiary/aromatic N) is 1. The summed E-state index contributed by atoms with van der Waals surface area (Å²) in [6.45, 7) is 0. The van der Waals surface area contributed by atoms with Crippen LogP contribution in [-0.2, 0) is 0 Å². The summed E-state index contributed by atoms with van der Waals surface area (Å²) < 4.78 is 26.2. The predicted molar refractivity (Wildman–Crippen MR) is 83.9 cm³/mol. The molecular weight excluding hydrogens is 373 g/mol. The molecule has 2 aromatic rings. The van der Waals surface area contributed by atoms with Crippen LogP contribution in [0, 0.1) is 11.6 Å². The van der Waals surface area contributed by atoms with E-state index >= 15 is 0 Å². The molecule has 1 aromatic carbocycles. The van der Waals surface area contributed by atoms with E-state index in [1.807, 2.05) is 0 Å². The van der Waals surface area contributed by atoms with Crippen molar-refractivity contribution in [3.05, 3.63) is 56.3 Å². The predicted octanol–water partition coefficient (Wildman–Crippen LogP) is 3.09. The van der Waals surface area contributed by atoms with Crippen molar-refractivity contribution in [2.45, 2.75) is 0 Å². The average molecular weight is 381 g/mol. The van der Waals surface area contributed by atoms with Gasteiger partial charge in [-0.15, -0.1) is 0 Å². The minimum Gasteiger partial charge on any atom is -0.396 e. The molecule has 4 N–H and O–H groups in total.